The number of benzene rings is 1. The molecule has 0 spiro atoms. The van der Waals surface area contributed by atoms with Gasteiger partial charge in [-0.25, -0.2) is 23.1 Å². The van der Waals surface area contributed by atoms with E-state index in [1.54, 1.807) is 23.0 Å². The van der Waals surface area contributed by atoms with E-state index in [0.717, 1.165) is 10.00 Å². The lowest BCUT2D eigenvalue weighted by Gasteiger charge is -2.11. The minimum atomic E-state index is -3.53. The first kappa shape index (κ1) is 18.7. The summed E-state index contributed by atoms with van der Waals surface area (Å²) in [5.74, 6) is 0.807. The maximum atomic E-state index is 12.6. The number of nitrogens with zero attached hydrogens (tertiary/aromatic N) is 3. The second-order valence-electron chi connectivity index (χ2n) is 6.11. The topological polar surface area (TPSA) is 99.0 Å². The van der Waals surface area contributed by atoms with Crippen LogP contribution in [-0.2, 0) is 10.0 Å². The van der Waals surface area contributed by atoms with Crippen LogP contribution in [-0.4, -0.2) is 42.8 Å². The molecule has 3 rings (SSSR count). The molecule has 27 heavy (non-hydrogen) atoms. The minimum absolute atomic E-state index is 0.130. The van der Waals surface area contributed by atoms with Gasteiger partial charge in [0.2, 0.25) is 10.0 Å². The van der Waals surface area contributed by atoms with Gasteiger partial charge in [-0.15, -0.1) is 9.67 Å². The molecular formula is C18H20N5O3S+. The number of aromatic nitrogens is 3. The zero-order valence-corrected chi connectivity index (χ0v) is 16.0. The molecule has 0 aliphatic heterocycles. The summed E-state index contributed by atoms with van der Waals surface area (Å²) in [6, 6.07) is 13.1. The van der Waals surface area contributed by atoms with Crippen LogP contribution in [0.2, 0.25) is 0 Å². The molecule has 3 aromatic rings. The van der Waals surface area contributed by atoms with Crippen molar-refractivity contribution >= 4 is 21.7 Å². The predicted octanol–water partition coefficient (Wildman–Crippen LogP) is 1.50. The Morgan fingerprint density at radius 3 is 2.44 bits per heavy atom. The average molecular weight is 386 g/mol. The van der Waals surface area contributed by atoms with Crippen molar-refractivity contribution < 1.29 is 17.9 Å². The molecule has 0 bridgehead atoms. The number of hydrogen-bond acceptors (Lipinski definition) is 4. The molecule has 0 fully saturated rings. The Hall–Kier alpha value is -3.04. The summed E-state index contributed by atoms with van der Waals surface area (Å²) in [6.45, 7) is 1.87. The number of aryl methyl sites for hydroxylation is 1. The summed E-state index contributed by atoms with van der Waals surface area (Å²) in [4.78, 5) is 17.0. The van der Waals surface area contributed by atoms with E-state index in [2.05, 4.69) is 15.4 Å². The first-order valence-corrected chi connectivity index (χ1v) is 9.60. The molecule has 0 saturated carbocycles. The summed E-state index contributed by atoms with van der Waals surface area (Å²) < 4.78 is 27.0. The van der Waals surface area contributed by atoms with Crippen molar-refractivity contribution in [1.29, 1.82) is 0 Å². The van der Waals surface area contributed by atoms with Gasteiger partial charge in [0.15, 0.2) is 0 Å². The SMILES string of the molecule is Cc1cc(NC(=O)c2ccc(S(=O)(=O)N(C)C)cc2)[n+](-c2ccccn2)[nH]1. The van der Waals surface area contributed by atoms with Gasteiger partial charge < -0.3 is 0 Å². The molecule has 8 nitrogen and oxygen atoms in total. The summed E-state index contributed by atoms with van der Waals surface area (Å²) in [5.41, 5.74) is 1.20. The van der Waals surface area contributed by atoms with Gasteiger partial charge in [0.05, 0.1) is 10.5 Å². The Labute approximate surface area is 157 Å². The van der Waals surface area contributed by atoms with Crippen LogP contribution in [0.3, 0.4) is 0 Å². The number of aromatic amines is 1. The van der Waals surface area contributed by atoms with E-state index in [0.29, 0.717) is 17.2 Å². The van der Waals surface area contributed by atoms with Crippen LogP contribution in [0, 0.1) is 6.92 Å². The molecule has 1 amide bonds. The van der Waals surface area contributed by atoms with Crippen molar-refractivity contribution in [2.45, 2.75) is 11.8 Å². The zero-order chi connectivity index (χ0) is 19.6. The number of carbonyl (C=O) groups excluding carboxylic acids is 1. The van der Waals surface area contributed by atoms with Crippen LogP contribution in [0.15, 0.2) is 59.6 Å². The highest BCUT2D eigenvalue weighted by Gasteiger charge is 2.21. The highest BCUT2D eigenvalue weighted by atomic mass is 32.2. The van der Waals surface area contributed by atoms with Crippen LogP contribution in [0.5, 0.6) is 0 Å². The minimum Gasteiger partial charge on any atom is -0.251 e. The Bertz CT molecular complexity index is 1060. The normalized spacial score (nSPS) is 11.6. The van der Waals surface area contributed by atoms with Gasteiger partial charge in [0.25, 0.3) is 11.6 Å². The number of hydrogen-bond donors (Lipinski definition) is 2. The first-order valence-electron chi connectivity index (χ1n) is 8.16. The van der Waals surface area contributed by atoms with Crippen LogP contribution >= 0.6 is 0 Å². The third-order valence-electron chi connectivity index (χ3n) is 3.90. The quantitative estimate of drug-likeness (QED) is 0.649. The van der Waals surface area contributed by atoms with Crippen molar-refractivity contribution in [3.05, 3.63) is 66.0 Å². The Balaban J connectivity index is 1.85. The fraction of sp³-hybridized carbons (Fsp3) is 0.167. The zero-order valence-electron chi connectivity index (χ0n) is 15.2. The largest absolute Gasteiger partial charge is 0.311 e. The molecule has 2 aromatic heterocycles. The second kappa shape index (κ2) is 7.29. The maximum absolute atomic E-state index is 12.6. The fourth-order valence-corrected chi connectivity index (χ4v) is 3.38. The van der Waals surface area contributed by atoms with Gasteiger partial charge in [0.1, 0.15) is 6.20 Å². The molecule has 1 aromatic carbocycles. The number of sulfonamides is 1. The van der Waals surface area contributed by atoms with Crippen molar-refractivity contribution in [3.8, 4) is 5.82 Å². The Morgan fingerprint density at radius 2 is 1.85 bits per heavy atom. The number of pyridine rings is 1. The Kier molecular flexibility index (Phi) is 5.06. The molecule has 0 radical (unpaired) electrons. The van der Waals surface area contributed by atoms with E-state index >= 15 is 0 Å². The predicted molar refractivity (Wildman–Crippen MR) is 100 cm³/mol. The van der Waals surface area contributed by atoms with E-state index in [1.165, 1.54) is 38.4 Å². The number of H-pyrrole nitrogens is 1. The highest BCUT2D eigenvalue weighted by molar-refractivity contribution is 7.89. The monoisotopic (exact) mass is 386 g/mol. The molecule has 140 valence electrons. The third kappa shape index (κ3) is 3.88. The van der Waals surface area contributed by atoms with Crippen molar-refractivity contribution in [1.82, 2.24) is 14.4 Å². The average Bonchev–Trinajstić information content (AvgIpc) is 3.02. The smallest absolute Gasteiger partial charge is 0.251 e. The molecule has 9 heteroatoms. The van der Waals surface area contributed by atoms with E-state index < -0.39 is 10.0 Å². The van der Waals surface area contributed by atoms with Crippen LogP contribution < -0.4 is 10.00 Å². The molecular weight excluding hydrogens is 366 g/mol. The van der Waals surface area contributed by atoms with E-state index in [9.17, 15) is 13.2 Å². The molecule has 0 aliphatic rings. The van der Waals surface area contributed by atoms with Gasteiger partial charge in [-0.3, -0.25) is 4.79 Å². The lowest BCUT2D eigenvalue weighted by atomic mass is 10.2. The van der Waals surface area contributed by atoms with E-state index in [1.807, 2.05) is 19.1 Å². The van der Waals surface area contributed by atoms with Gasteiger partial charge in [-0.05, 0) is 37.3 Å². The van der Waals surface area contributed by atoms with E-state index in [-0.39, 0.29) is 10.8 Å². The third-order valence-corrected chi connectivity index (χ3v) is 5.73. The van der Waals surface area contributed by atoms with Gasteiger partial charge in [0, 0.05) is 31.9 Å². The number of nitrogens with one attached hydrogen (secondary N) is 2. The molecule has 0 unspecified atom stereocenters. The lowest BCUT2D eigenvalue weighted by Crippen LogP contribution is -2.38. The second-order valence-corrected chi connectivity index (χ2v) is 8.27. The number of rotatable bonds is 5. The summed E-state index contributed by atoms with van der Waals surface area (Å²) in [7, 11) is -0.616. The van der Waals surface area contributed by atoms with Crippen LogP contribution in [0.25, 0.3) is 5.82 Å². The highest BCUT2D eigenvalue weighted by Crippen LogP contribution is 2.15. The number of anilines is 1. The molecule has 2 N–H and O–H groups in total. The lowest BCUT2D eigenvalue weighted by molar-refractivity contribution is -0.645. The Morgan fingerprint density at radius 1 is 1.15 bits per heavy atom. The first-order chi connectivity index (χ1) is 12.8. The van der Waals surface area contributed by atoms with Gasteiger partial charge in [-0.2, -0.15) is 0 Å². The van der Waals surface area contributed by atoms with Crippen molar-refractivity contribution in [2.75, 3.05) is 19.4 Å². The van der Waals surface area contributed by atoms with E-state index in [4.69, 9.17) is 0 Å². The fourth-order valence-electron chi connectivity index (χ4n) is 2.47. The molecule has 0 atom stereocenters. The molecule has 0 aliphatic carbocycles. The standard InChI is InChI=1S/C18H19N5O3S/c1-13-12-17(23(21-13)16-6-4-5-11-19-16)20-18(24)14-7-9-15(10-8-14)27(25,26)22(2)3/h4-12H,1-3H3,(H,20,21,24)/p+1. The van der Waals surface area contributed by atoms with Gasteiger partial charge >= 0.3 is 5.91 Å². The summed E-state index contributed by atoms with van der Waals surface area (Å²) in [5, 5.41) is 5.93. The maximum Gasteiger partial charge on any atom is 0.311 e. The van der Waals surface area contributed by atoms with Crippen molar-refractivity contribution in [2.24, 2.45) is 0 Å². The molecule has 2 heterocycles. The van der Waals surface area contributed by atoms with Crippen LogP contribution in [0.1, 0.15) is 16.1 Å². The summed E-state index contributed by atoms with van der Waals surface area (Å²) >= 11 is 0. The van der Waals surface area contributed by atoms with Gasteiger partial charge in [-0.1, -0.05) is 6.07 Å². The number of carbonyl (C=O) groups is 1. The summed E-state index contributed by atoms with van der Waals surface area (Å²) in [6.07, 6.45) is 1.66. The van der Waals surface area contributed by atoms with Crippen LogP contribution in [0.4, 0.5) is 5.82 Å². The molecule has 0 saturated heterocycles. The number of amides is 1. The van der Waals surface area contributed by atoms with Crippen molar-refractivity contribution in [3.63, 3.8) is 0 Å².